The lowest BCUT2D eigenvalue weighted by molar-refractivity contribution is 1.01. The molecule has 2 aromatic heterocycles. The Balaban J connectivity index is 0.000000403. The smallest absolute Gasteiger partial charge is 0.270 e. The highest BCUT2D eigenvalue weighted by Crippen LogP contribution is 2.06. The number of H-pyrrole nitrogens is 2. The van der Waals surface area contributed by atoms with Gasteiger partial charge in [-0.2, -0.15) is 10.5 Å². The summed E-state index contributed by atoms with van der Waals surface area (Å²) in [7, 11) is 7.20. The molecule has 0 bridgehead atoms. The Kier molecular flexibility index (Phi) is 9.89. The normalized spacial score (nSPS) is 8.60. The molecule has 2 rings (SSSR count). The molecule has 11 heteroatoms. The molecule has 0 radical (unpaired) electrons. The van der Waals surface area contributed by atoms with Gasteiger partial charge in [-0.25, -0.2) is 9.97 Å². The average Bonchev–Trinajstić information content (AvgIpc) is 2.56. The van der Waals surface area contributed by atoms with E-state index in [9.17, 15) is 9.59 Å². The van der Waals surface area contributed by atoms with Crippen molar-refractivity contribution in [2.45, 2.75) is 0 Å². The largest absolute Gasteiger partial charge is 0.361 e. The van der Waals surface area contributed by atoms with E-state index in [1.54, 1.807) is 31.1 Å². The van der Waals surface area contributed by atoms with E-state index in [1.807, 2.05) is 14.1 Å². The lowest BCUT2D eigenvalue weighted by Gasteiger charge is -2.10. The van der Waals surface area contributed by atoms with Crippen LogP contribution in [0.1, 0.15) is 11.1 Å². The molecule has 0 spiro atoms. The van der Waals surface area contributed by atoms with Crippen molar-refractivity contribution >= 4 is 17.4 Å². The fourth-order valence-electron chi connectivity index (χ4n) is 1.31. The Labute approximate surface area is 148 Å². The molecule has 0 fully saturated rings. The predicted molar refractivity (Wildman–Crippen MR) is 93.5 cm³/mol. The van der Waals surface area contributed by atoms with E-state index in [0.29, 0.717) is 5.82 Å². The number of hydrogen-bond donors (Lipinski definition) is 3. The molecule has 132 valence electrons. The molecule has 0 saturated heterocycles. The molecule has 0 atom stereocenters. The summed E-state index contributed by atoms with van der Waals surface area (Å²) in [5.41, 5.74) is -1.02. The van der Waals surface area contributed by atoms with E-state index in [-0.39, 0.29) is 16.3 Å². The van der Waals surface area contributed by atoms with Gasteiger partial charge in [-0.15, -0.1) is 0 Å². The highest BCUT2D eigenvalue weighted by molar-refractivity contribution is 6.30. The monoisotopic (exact) mass is 364 g/mol. The highest BCUT2D eigenvalue weighted by Gasteiger charge is 2.08. The number of rotatable bonds is 1. The summed E-state index contributed by atoms with van der Waals surface area (Å²) in [6, 6.07) is 3.42. The van der Waals surface area contributed by atoms with Crippen molar-refractivity contribution in [3.05, 3.63) is 49.6 Å². The summed E-state index contributed by atoms with van der Waals surface area (Å²) in [5.74, 6) is 0.390. The Hall–Kier alpha value is -3.21. The first-order valence-electron chi connectivity index (χ1n) is 6.70. The second-order valence-electron chi connectivity index (χ2n) is 4.45. The summed E-state index contributed by atoms with van der Waals surface area (Å²) in [4.78, 5) is 35.2. The molecule has 0 aliphatic heterocycles. The molecule has 0 aliphatic rings. The third-order valence-corrected chi connectivity index (χ3v) is 2.57. The van der Waals surface area contributed by atoms with Crippen molar-refractivity contribution < 1.29 is 0 Å². The summed E-state index contributed by atoms with van der Waals surface area (Å²) < 4.78 is 0. The molecule has 0 aliphatic carbocycles. The maximum atomic E-state index is 11.0. The standard InChI is InChI=1S/C7H8N4O.C5H2ClN3O.C2H7N/c1-11(2)6-5(3-8)7(12)10-4-9-6;6-4-3(1-7)5(10)9-2-8-4;1-3-2/h4H,1-2H3,(H,9,10,12);2H,(H,8,9,10);3H,1-2H3. The van der Waals surface area contributed by atoms with Gasteiger partial charge >= 0.3 is 0 Å². The van der Waals surface area contributed by atoms with Gasteiger partial charge in [-0.1, -0.05) is 11.6 Å². The van der Waals surface area contributed by atoms with Gasteiger partial charge in [0.15, 0.2) is 22.1 Å². The zero-order chi connectivity index (χ0) is 19.4. The minimum absolute atomic E-state index is 0.0440. The van der Waals surface area contributed by atoms with Gasteiger partial charge in [-0.3, -0.25) is 9.59 Å². The molecule has 0 amide bonds. The molecule has 3 N–H and O–H groups in total. The van der Waals surface area contributed by atoms with E-state index >= 15 is 0 Å². The first-order valence-corrected chi connectivity index (χ1v) is 7.08. The molecule has 25 heavy (non-hydrogen) atoms. The SMILES string of the molecule is CN(C)c1nc[nH]c(=O)c1C#N.CNC.N#Cc1c(Cl)nc[nH]c1=O. The number of halogens is 1. The summed E-state index contributed by atoms with van der Waals surface area (Å²) in [6.07, 6.45) is 2.42. The molecule has 2 heterocycles. The molecular formula is C14H17ClN8O2. The van der Waals surface area contributed by atoms with E-state index in [4.69, 9.17) is 22.1 Å². The van der Waals surface area contributed by atoms with Crippen LogP contribution in [0, 0.1) is 22.7 Å². The van der Waals surface area contributed by atoms with Crippen molar-refractivity contribution in [3.63, 3.8) is 0 Å². The van der Waals surface area contributed by atoms with Gasteiger partial charge in [0, 0.05) is 14.1 Å². The Morgan fingerprint density at radius 3 is 1.80 bits per heavy atom. The van der Waals surface area contributed by atoms with Crippen molar-refractivity contribution in [1.82, 2.24) is 25.3 Å². The number of aromatic nitrogens is 4. The van der Waals surface area contributed by atoms with Gasteiger partial charge in [0.1, 0.15) is 12.1 Å². The zero-order valence-corrected chi connectivity index (χ0v) is 14.8. The fourth-order valence-corrected chi connectivity index (χ4v) is 1.48. The number of nitriles is 2. The lowest BCUT2D eigenvalue weighted by Crippen LogP contribution is -2.19. The van der Waals surface area contributed by atoms with Crippen molar-refractivity contribution in [2.75, 3.05) is 33.1 Å². The molecular weight excluding hydrogens is 348 g/mol. The summed E-state index contributed by atoms with van der Waals surface area (Å²) in [6.45, 7) is 0. The minimum Gasteiger partial charge on any atom is -0.361 e. The zero-order valence-electron chi connectivity index (χ0n) is 14.1. The maximum Gasteiger partial charge on any atom is 0.270 e. The van der Waals surface area contributed by atoms with Crippen LogP contribution in [0.2, 0.25) is 5.15 Å². The molecule has 0 aromatic carbocycles. The van der Waals surface area contributed by atoms with Crippen LogP contribution in [-0.2, 0) is 0 Å². The molecule has 0 unspecified atom stereocenters. The Morgan fingerprint density at radius 1 is 1.04 bits per heavy atom. The van der Waals surface area contributed by atoms with Crippen molar-refractivity contribution in [1.29, 1.82) is 10.5 Å². The van der Waals surface area contributed by atoms with Crippen LogP contribution >= 0.6 is 11.6 Å². The third kappa shape index (κ3) is 6.83. The molecule has 2 aromatic rings. The summed E-state index contributed by atoms with van der Waals surface area (Å²) >= 11 is 5.38. The average molecular weight is 365 g/mol. The van der Waals surface area contributed by atoms with Gasteiger partial charge in [0.25, 0.3) is 11.1 Å². The van der Waals surface area contributed by atoms with E-state index < -0.39 is 11.1 Å². The quantitative estimate of drug-likeness (QED) is 0.589. The highest BCUT2D eigenvalue weighted by atomic mass is 35.5. The maximum absolute atomic E-state index is 11.0. The van der Waals surface area contributed by atoms with Crippen LogP contribution in [0.3, 0.4) is 0 Å². The van der Waals surface area contributed by atoms with E-state index in [1.165, 1.54) is 6.33 Å². The number of nitrogens with one attached hydrogen (secondary N) is 3. The molecule has 0 saturated carbocycles. The summed E-state index contributed by atoms with van der Waals surface area (Å²) in [5, 5.41) is 19.6. The predicted octanol–water partition coefficient (Wildman–Crippen LogP) is -0.162. The van der Waals surface area contributed by atoms with Crippen LogP contribution in [0.4, 0.5) is 5.82 Å². The molecule has 10 nitrogen and oxygen atoms in total. The second kappa shape index (κ2) is 11.3. The number of aromatic amines is 2. The van der Waals surface area contributed by atoms with Gasteiger partial charge in [-0.05, 0) is 14.1 Å². The second-order valence-corrected chi connectivity index (χ2v) is 4.80. The van der Waals surface area contributed by atoms with Crippen LogP contribution < -0.4 is 21.3 Å². The van der Waals surface area contributed by atoms with E-state index in [0.717, 1.165) is 6.33 Å². The van der Waals surface area contributed by atoms with Crippen LogP contribution in [0.5, 0.6) is 0 Å². The first-order chi connectivity index (χ1) is 11.8. The first kappa shape index (κ1) is 21.8. The van der Waals surface area contributed by atoms with Gasteiger partial charge < -0.3 is 20.2 Å². The van der Waals surface area contributed by atoms with Gasteiger partial charge in [0.05, 0.1) is 12.7 Å². The van der Waals surface area contributed by atoms with Crippen LogP contribution in [-0.4, -0.2) is 48.1 Å². The fraction of sp³-hybridized carbons (Fsp3) is 0.286. The van der Waals surface area contributed by atoms with Crippen LogP contribution in [0.15, 0.2) is 22.2 Å². The minimum atomic E-state index is -0.512. The van der Waals surface area contributed by atoms with Crippen LogP contribution in [0.25, 0.3) is 0 Å². The Morgan fingerprint density at radius 2 is 1.48 bits per heavy atom. The number of anilines is 1. The lowest BCUT2D eigenvalue weighted by atomic mass is 10.3. The van der Waals surface area contributed by atoms with Crippen molar-refractivity contribution in [2.24, 2.45) is 0 Å². The van der Waals surface area contributed by atoms with Crippen molar-refractivity contribution in [3.8, 4) is 12.1 Å². The Bertz CT molecular complexity index is 876. The van der Waals surface area contributed by atoms with Gasteiger partial charge in [0.2, 0.25) is 0 Å². The topological polar surface area (TPSA) is 154 Å². The van der Waals surface area contributed by atoms with E-state index in [2.05, 4.69) is 25.3 Å². The number of hydrogen-bond acceptors (Lipinski definition) is 8. The number of nitrogens with zero attached hydrogens (tertiary/aromatic N) is 5. The third-order valence-electron chi connectivity index (χ3n) is 2.29.